The van der Waals surface area contributed by atoms with Gasteiger partial charge in [-0.15, -0.1) is 0 Å². The Balaban J connectivity index is 3.20. The Hall–Kier alpha value is -1.33. The van der Waals surface area contributed by atoms with Gasteiger partial charge in [-0.05, 0) is 51.0 Å². The second-order valence-corrected chi connectivity index (χ2v) is 4.39. The molecule has 0 aliphatic rings. The Morgan fingerprint density at radius 2 is 1.67 bits per heavy atom. The molecule has 0 aromatic heterocycles. The molecule has 15 heavy (non-hydrogen) atoms. The summed E-state index contributed by atoms with van der Waals surface area (Å²) in [5.74, 6) is 5.73. The van der Waals surface area contributed by atoms with Crippen LogP contribution in [0.2, 0.25) is 0 Å². The second-order valence-electron chi connectivity index (χ2n) is 4.39. The fourth-order valence-electron chi connectivity index (χ4n) is 1.33. The standard InChI is InChI=1S/C13H16FN/c1-9-7-11(14)8-10(2)12(9)5-6-13(3,4)15/h7-8H,15H2,1-4H3. The Morgan fingerprint density at radius 3 is 2.07 bits per heavy atom. The summed E-state index contributed by atoms with van der Waals surface area (Å²) in [4.78, 5) is 0. The lowest BCUT2D eigenvalue weighted by Gasteiger charge is -2.09. The monoisotopic (exact) mass is 205 g/mol. The molecule has 0 unspecified atom stereocenters. The lowest BCUT2D eigenvalue weighted by atomic mass is 10.0. The highest BCUT2D eigenvalue weighted by molar-refractivity contribution is 5.47. The number of benzene rings is 1. The first-order chi connectivity index (χ1) is 6.79. The molecule has 0 fully saturated rings. The molecule has 80 valence electrons. The highest BCUT2D eigenvalue weighted by atomic mass is 19.1. The van der Waals surface area contributed by atoms with Crippen LogP contribution in [0.25, 0.3) is 0 Å². The fourth-order valence-corrected chi connectivity index (χ4v) is 1.33. The van der Waals surface area contributed by atoms with Gasteiger partial charge in [0.1, 0.15) is 5.82 Å². The molecule has 0 spiro atoms. The van der Waals surface area contributed by atoms with Crippen molar-refractivity contribution in [3.05, 3.63) is 34.6 Å². The van der Waals surface area contributed by atoms with Gasteiger partial charge in [-0.1, -0.05) is 11.8 Å². The van der Waals surface area contributed by atoms with E-state index in [9.17, 15) is 4.39 Å². The zero-order valence-electron chi connectivity index (χ0n) is 9.61. The van der Waals surface area contributed by atoms with Gasteiger partial charge in [-0.25, -0.2) is 4.39 Å². The van der Waals surface area contributed by atoms with Crippen molar-refractivity contribution in [1.82, 2.24) is 0 Å². The molecule has 0 saturated carbocycles. The van der Waals surface area contributed by atoms with E-state index in [1.807, 2.05) is 27.7 Å². The normalized spacial score (nSPS) is 10.8. The average Bonchev–Trinajstić information content (AvgIpc) is 1.99. The summed E-state index contributed by atoms with van der Waals surface area (Å²) in [6.07, 6.45) is 0. The average molecular weight is 205 g/mol. The first-order valence-electron chi connectivity index (χ1n) is 4.88. The van der Waals surface area contributed by atoms with Crippen LogP contribution in [-0.4, -0.2) is 5.54 Å². The van der Waals surface area contributed by atoms with E-state index < -0.39 is 5.54 Å². The summed E-state index contributed by atoms with van der Waals surface area (Å²) in [5.41, 5.74) is 7.82. The minimum Gasteiger partial charge on any atom is -0.316 e. The van der Waals surface area contributed by atoms with Crippen molar-refractivity contribution in [3.63, 3.8) is 0 Å². The highest BCUT2D eigenvalue weighted by Crippen LogP contribution is 2.14. The maximum absolute atomic E-state index is 13.0. The molecule has 2 N–H and O–H groups in total. The molecule has 0 aliphatic carbocycles. The minimum atomic E-state index is -0.521. The van der Waals surface area contributed by atoms with Crippen molar-refractivity contribution in [2.75, 3.05) is 0 Å². The third-order valence-corrected chi connectivity index (χ3v) is 2.01. The van der Waals surface area contributed by atoms with E-state index in [1.54, 1.807) is 0 Å². The molecule has 0 atom stereocenters. The van der Waals surface area contributed by atoms with E-state index >= 15 is 0 Å². The molecule has 0 radical (unpaired) electrons. The zero-order chi connectivity index (χ0) is 11.6. The fraction of sp³-hybridized carbons (Fsp3) is 0.385. The number of hydrogen-bond acceptors (Lipinski definition) is 1. The molecule has 0 amide bonds. The molecule has 0 bridgehead atoms. The third kappa shape index (κ3) is 3.38. The number of aryl methyl sites for hydroxylation is 2. The maximum Gasteiger partial charge on any atom is 0.123 e. The van der Waals surface area contributed by atoms with Crippen molar-refractivity contribution < 1.29 is 4.39 Å². The molecule has 1 aromatic carbocycles. The third-order valence-electron chi connectivity index (χ3n) is 2.01. The topological polar surface area (TPSA) is 26.0 Å². The van der Waals surface area contributed by atoms with Crippen molar-refractivity contribution >= 4 is 0 Å². The molecule has 2 heteroatoms. The van der Waals surface area contributed by atoms with Crippen LogP contribution in [0.5, 0.6) is 0 Å². The summed E-state index contributed by atoms with van der Waals surface area (Å²) in [6, 6.07) is 2.97. The van der Waals surface area contributed by atoms with Crippen LogP contribution >= 0.6 is 0 Å². The van der Waals surface area contributed by atoms with E-state index in [0.29, 0.717) is 0 Å². The number of rotatable bonds is 0. The van der Waals surface area contributed by atoms with E-state index in [4.69, 9.17) is 5.73 Å². The molecule has 0 heterocycles. The van der Waals surface area contributed by atoms with Gasteiger partial charge < -0.3 is 5.73 Å². The molecule has 0 aliphatic heterocycles. The Kier molecular flexibility index (Phi) is 3.16. The molecule has 1 rings (SSSR count). The SMILES string of the molecule is Cc1cc(F)cc(C)c1C#CC(C)(C)N. The zero-order valence-corrected chi connectivity index (χ0v) is 9.61. The van der Waals surface area contributed by atoms with Crippen LogP contribution in [0.1, 0.15) is 30.5 Å². The van der Waals surface area contributed by atoms with Gasteiger partial charge in [-0.3, -0.25) is 0 Å². The second kappa shape index (κ2) is 4.04. The maximum atomic E-state index is 13.0. The Labute approximate surface area is 90.5 Å². The van der Waals surface area contributed by atoms with E-state index in [1.165, 1.54) is 12.1 Å². The largest absolute Gasteiger partial charge is 0.316 e. The van der Waals surface area contributed by atoms with Crippen LogP contribution in [0.3, 0.4) is 0 Å². The van der Waals surface area contributed by atoms with Gasteiger partial charge in [0.2, 0.25) is 0 Å². The number of halogens is 1. The molecule has 1 aromatic rings. The van der Waals surface area contributed by atoms with Crippen LogP contribution in [0, 0.1) is 31.5 Å². The Morgan fingerprint density at radius 1 is 1.20 bits per heavy atom. The van der Waals surface area contributed by atoms with E-state index in [0.717, 1.165) is 16.7 Å². The Bertz CT molecular complexity index is 407. The van der Waals surface area contributed by atoms with E-state index in [-0.39, 0.29) is 5.82 Å². The van der Waals surface area contributed by atoms with Crippen LogP contribution in [0.4, 0.5) is 4.39 Å². The summed E-state index contributed by atoms with van der Waals surface area (Å²) < 4.78 is 13.0. The van der Waals surface area contributed by atoms with Crippen molar-refractivity contribution in [1.29, 1.82) is 0 Å². The van der Waals surface area contributed by atoms with Crippen molar-refractivity contribution in [2.45, 2.75) is 33.2 Å². The van der Waals surface area contributed by atoms with Gasteiger partial charge >= 0.3 is 0 Å². The first kappa shape index (κ1) is 11.7. The summed E-state index contributed by atoms with van der Waals surface area (Å²) in [7, 11) is 0. The van der Waals surface area contributed by atoms with Crippen LogP contribution in [0.15, 0.2) is 12.1 Å². The predicted molar refractivity (Wildman–Crippen MR) is 61.0 cm³/mol. The van der Waals surface area contributed by atoms with Gasteiger partial charge in [0.25, 0.3) is 0 Å². The summed E-state index contributed by atoms with van der Waals surface area (Å²) >= 11 is 0. The van der Waals surface area contributed by atoms with Gasteiger partial charge in [0.05, 0.1) is 5.54 Å². The lowest BCUT2D eigenvalue weighted by molar-refractivity contribution is 0.625. The molecular formula is C13H16FN. The van der Waals surface area contributed by atoms with Crippen LogP contribution in [-0.2, 0) is 0 Å². The lowest BCUT2D eigenvalue weighted by Crippen LogP contribution is -2.29. The number of nitrogens with two attached hydrogens (primary N) is 1. The smallest absolute Gasteiger partial charge is 0.123 e. The first-order valence-corrected chi connectivity index (χ1v) is 4.88. The summed E-state index contributed by atoms with van der Waals surface area (Å²) in [5, 5.41) is 0. The van der Waals surface area contributed by atoms with Crippen molar-refractivity contribution in [3.8, 4) is 11.8 Å². The van der Waals surface area contributed by atoms with Gasteiger partial charge in [-0.2, -0.15) is 0 Å². The number of hydrogen-bond donors (Lipinski definition) is 1. The highest BCUT2D eigenvalue weighted by Gasteiger charge is 2.06. The van der Waals surface area contributed by atoms with Crippen LogP contribution < -0.4 is 5.73 Å². The van der Waals surface area contributed by atoms with Gasteiger partial charge in [0, 0.05) is 5.56 Å². The van der Waals surface area contributed by atoms with Crippen molar-refractivity contribution in [2.24, 2.45) is 5.73 Å². The molecule has 0 saturated heterocycles. The molecule has 1 nitrogen and oxygen atoms in total. The quantitative estimate of drug-likeness (QED) is 0.647. The molecular weight excluding hydrogens is 189 g/mol. The van der Waals surface area contributed by atoms with E-state index in [2.05, 4.69) is 11.8 Å². The summed E-state index contributed by atoms with van der Waals surface area (Å²) in [6.45, 7) is 7.38. The minimum absolute atomic E-state index is 0.220. The van der Waals surface area contributed by atoms with Gasteiger partial charge in [0.15, 0.2) is 0 Å². The predicted octanol–water partition coefficient (Wildman–Crippen LogP) is 2.53.